The molecule has 0 atom stereocenters. The van der Waals surface area contributed by atoms with Crippen LogP contribution in [0, 0.1) is 5.82 Å². The summed E-state index contributed by atoms with van der Waals surface area (Å²) < 4.78 is 14.1. The first-order valence-corrected chi connectivity index (χ1v) is 9.72. The van der Waals surface area contributed by atoms with Crippen LogP contribution in [0.2, 0.25) is 0 Å². The lowest BCUT2D eigenvalue weighted by atomic mass is 10.1. The highest BCUT2D eigenvalue weighted by molar-refractivity contribution is 6.04. The molecular formula is C23H16FN5O4. The van der Waals surface area contributed by atoms with E-state index in [1.807, 2.05) is 0 Å². The molecule has 9 nitrogen and oxygen atoms in total. The number of hydrogen-bond donors (Lipinski definition) is 2. The molecule has 3 heterocycles. The molecule has 0 aliphatic heterocycles. The quantitative estimate of drug-likeness (QED) is 0.438. The Kier molecular flexibility index (Phi) is 5.98. The van der Waals surface area contributed by atoms with Crippen LogP contribution in [0.15, 0.2) is 78.1 Å². The van der Waals surface area contributed by atoms with Gasteiger partial charge in [0.25, 0.3) is 17.4 Å². The molecule has 3 aromatic heterocycles. The molecule has 0 fully saturated rings. The molecule has 0 saturated heterocycles. The predicted molar refractivity (Wildman–Crippen MR) is 117 cm³/mol. The van der Waals surface area contributed by atoms with Gasteiger partial charge in [0.2, 0.25) is 0 Å². The number of halogens is 1. The Labute approximate surface area is 185 Å². The molecule has 1 aromatic carbocycles. The molecule has 0 aliphatic rings. The van der Waals surface area contributed by atoms with Gasteiger partial charge in [-0.3, -0.25) is 28.6 Å². The molecule has 33 heavy (non-hydrogen) atoms. The lowest BCUT2D eigenvalue weighted by molar-refractivity contribution is 0.0903. The first kappa shape index (κ1) is 21.5. The van der Waals surface area contributed by atoms with Gasteiger partial charge >= 0.3 is 0 Å². The molecule has 0 bridgehead atoms. The Morgan fingerprint density at radius 2 is 1.67 bits per heavy atom. The van der Waals surface area contributed by atoms with Gasteiger partial charge < -0.3 is 10.6 Å². The minimum Gasteiger partial charge on any atom is -0.345 e. The van der Waals surface area contributed by atoms with Crippen molar-refractivity contribution in [3.05, 3.63) is 106 Å². The molecule has 10 heteroatoms. The average molecular weight is 445 g/mol. The van der Waals surface area contributed by atoms with Crippen LogP contribution in [-0.4, -0.2) is 38.5 Å². The highest BCUT2D eigenvalue weighted by Crippen LogP contribution is 2.08. The number of ketones is 1. The number of carbonyl (C=O) groups is 3. The Morgan fingerprint density at radius 3 is 2.39 bits per heavy atom. The minimum atomic E-state index is -0.593. The van der Waals surface area contributed by atoms with Crippen molar-refractivity contribution in [2.75, 3.05) is 11.9 Å². The van der Waals surface area contributed by atoms with Gasteiger partial charge in [0.05, 0.1) is 23.9 Å². The first-order valence-electron chi connectivity index (χ1n) is 9.72. The topological polar surface area (TPSA) is 123 Å². The van der Waals surface area contributed by atoms with Crippen molar-refractivity contribution in [2.24, 2.45) is 0 Å². The molecule has 4 rings (SSSR count). The number of hydrogen-bond acceptors (Lipinski definition) is 6. The number of aromatic nitrogens is 3. The third kappa shape index (κ3) is 4.79. The molecule has 0 radical (unpaired) electrons. The smallest absolute Gasteiger partial charge is 0.281 e. The fourth-order valence-corrected chi connectivity index (χ4v) is 2.99. The number of benzene rings is 1. The summed E-state index contributed by atoms with van der Waals surface area (Å²) in [4.78, 5) is 57.8. The molecule has 4 aromatic rings. The molecule has 2 N–H and O–H groups in total. The number of rotatable bonds is 6. The van der Waals surface area contributed by atoms with Crippen LogP contribution in [0.5, 0.6) is 0 Å². The lowest BCUT2D eigenvalue weighted by Crippen LogP contribution is -2.30. The van der Waals surface area contributed by atoms with Gasteiger partial charge in [-0.25, -0.2) is 9.37 Å². The summed E-state index contributed by atoms with van der Waals surface area (Å²) in [6.45, 7) is -0.309. The third-order valence-electron chi connectivity index (χ3n) is 4.71. The maximum atomic E-state index is 13.0. The standard InChI is InChI=1S/C23H16FN5O4/c24-17-6-3-14(4-7-17)19(30)12-27-21(31)16-5-8-20-26-11-18(23(33)29(20)13-16)28-22(32)15-2-1-9-25-10-15/h1-11,13H,12H2,(H,27,31)(H,28,32). The van der Waals surface area contributed by atoms with Crippen molar-refractivity contribution in [1.29, 1.82) is 0 Å². The van der Waals surface area contributed by atoms with Crippen LogP contribution in [0.1, 0.15) is 31.1 Å². The predicted octanol–water partition coefficient (Wildman–Crippen LogP) is 2.09. The van der Waals surface area contributed by atoms with E-state index in [-0.39, 0.29) is 34.6 Å². The molecule has 0 aliphatic carbocycles. The van der Waals surface area contributed by atoms with Crippen molar-refractivity contribution in [2.45, 2.75) is 0 Å². The Morgan fingerprint density at radius 1 is 0.909 bits per heavy atom. The number of pyridine rings is 2. The van der Waals surface area contributed by atoms with Crippen LogP contribution in [0.25, 0.3) is 5.65 Å². The van der Waals surface area contributed by atoms with Gasteiger partial charge in [-0.2, -0.15) is 0 Å². The molecule has 0 saturated carbocycles. The van der Waals surface area contributed by atoms with Gasteiger partial charge in [0.1, 0.15) is 17.2 Å². The fraction of sp³-hybridized carbons (Fsp3) is 0.0435. The largest absolute Gasteiger partial charge is 0.345 e. The van der Waals surface area contributed by atoms with Gasteiger partial charge in [0.15, 0.2) is 5.78 Å². The van der Waals surface area contributed by atoms with E-state index in [0.717, 1.165) is 16.5 Å². The number of amides is 2. The summed E-state index contributed by atoms with van der Waals surface area (Å²) in [5.41, 5.74) is 0.220. The van der Waals surface area contributed by atoms with Gasteiger partial charge in [0, 0.05) is 24.2 Å². The zero-order valence-electron chi connectivity index (χ0n) is 17.0. The average Bonchev–Trinajstić information content (AvgIpc) is 2.85. The summed E-state index contributed by atoms with van der Waals surface area (Å²) in [7, 11) is 0. The number of fused-ring (bicyclic) bond motifs is 1. The minimum absolute atomic E-state index is 0.0783. The summed E-state index contributed by atoms with van der Waals surface area (Å²) in [5.74, 6) is -2.00. The summed E-state index contributed by atoms with van der Waals surface area (Å²) in [5, 5.41) is 4.95. The van der Waals surface area contributed by atoms with Crippen molar-refractivity contribution < 1.29 is 18.8 Å². The van der Waals surface area contributed by atoms with Crippen LogP contribution >= 0.6 is 0 Å². The normalized spacial score (nSPS) is 10.6. The molecular weight excluding hydrogens is 429 g/mol. The highest BCUT2D eigenvalue weighted by Gasteiger charge is 2.14. The zero-order valence-corrected chi connectivity index (χ0v) is 17.0. The van der Waals surface area contributed by atoms with E-state index in [4.69, 9.17) is 0 Å². The maximum absolute atomic E-state index is 13.0. The maximum Gasteiger partial charge on any atom is 0.281 e. The number of nitrogens with one attached hydrogen (secondary N) is 2. The van der Waals surface area contributed by atoms with Gasteiger partial charge in [-0.1, -0.05) is 0 Å². The second kappa shape index (κ2) is 9.18. The van der Waals surface area contributed by atoms with Crippen LogP contribution < -0.4 is 16.2 Å². The molecule has 2 amide bonds. The van der Waals surface area contributed by atoms with E-state index in [9.17, 15) is 23.6 Å². The Balaban J connectivity index is 1.51. The van der Waals surface area contributed by atoms with Gasteiger partial charge in [-0.05, 0) is 48.5 Å². The number of anilines is 1. The molecule has 0 spiro atoms. The number of Topliss-reactive ketones (excluding diaryl/α,β-unsaturated/α-hetero) is 1. The third-order valence-corrected chi connectivity index (χ3v) is 4.71. The second-order valence-corrected chi connectivity index (χ2v) is 6.93. The summed E-state index contributed by atoms with van der Waals surface area (Å²) >= 11 is 0. The monoisotopic (exact) mass is 445 g/mol. The van der Waals surface area contributed by atoms with E-state index in [0.29, 0.717) is 0 Å². The summed E-state index contributed by atoms with van der Waals surface area (Å²) in [6.07, 6.45) is 5.37. The van der Waals surface area contributed by atoms with Crippen LogP contribution in [-0.2, 0) is 0 Å². The second-order valence-electron chi connectivity index (χ2n) is 6.93. The van der Waals surface area contributed by atoms with E-state index < -0.39 is 29.0 Å². The van der Waals surface area contributed by atoms with Crippen LogP contribution in [0.4, 0.5) is 10.1 Å². The Hall–Kier alpha value is -4.73. The summed E-state index contributed by atoms with van der Waals surface area (Å²) in [6, 6.07) is 11.0. The van der Waals surface area contributed by atoms with Crippen molar-refractivity contribution >= 4 is 28.9 Å². The number of carbonyl (C=O) groups excluding carboxylic acids is 3. The lowest BCUT2D eigenvalue weighted by Gasteiger charge is -2.09. The zero-order chi connectivity index (χ0) is 23.4. The van der Waals surface area contributed by atoms with E-state index in [1.54, 1.807) is 12.1 Å². The SMILES string of the molecule is O=C(CNC(=O)c1ccc2ncc(NC(=O)c3cccnc3)c(=O)n2c1)c1ccc(F)cc1. The van der Waals surface area contributed by atoms with Crippen LogP contribution in [0.3, 0.4) is 0 Å². The van der Waals surface area contributed by atoms with Crippen molar-refractivity contribution in [3.63, 3.8) is 0 Å². The molecule has 164 valence electrons. The Bertz CT molecular complexity index is 1420. The van der Waals surface area contributed by atoms with E-state index in [1.165, 1.54) is 49.1 Å². The van der Waals surface area contributed by atoms with Gasteiger partial charge in [-0.15, -0.1) is 0 Å². The van der Waals surface area contributed by atoms with Crippen molar-refractivity contribution in [3.8, 4) is 0 Å². The van der Waals surface area contributed by atoms with E-state index >= 15 is 0 Å². The first-order chi connectivity index (χ1) is 15.9. The fourth-order valence-electron chi connectivity index (χ4n) is 2.99. The number of nitrogens with zero attached hydrogens (tertiary/aromatic N) is 3. The van der Waals surface area contributed by atoms with E-state index in [2.05, 4.69) is 20.6 Å². The van der Waals surface area contributed by atoms with Crippen molar-refractivity contribution in [1.82, 2.24) is 19.7 Å². The molecule has 0 unspecified atom stereocenters. The highest BCUT2D eigenvalue weighted by atomic mass is 19.1.